The standard InChI is InChI=1S/C11H17NO5/c1-8-9(6-10(17-8)11(14)15)7-12-2-4-16-5-3-13/h6,12-13H,2-5,7H2,1H3,(H,14,15). The zero-order valence-electron chi connectivity index (χ0n) is 9.73. The monoisotopic (exact) mass is 243 g/mol. The van der Waals surface area contributed by atoms with Crippen LogP contribution in [0.4, 0.5) is 0 Å². The number of carboxylic acid groups (broad SMARTS) is 1. The summed E-state index contributed by atoms with van der Waals surface area (Å²) in [6.45, 7) is 3.74. The molecule has 0 saturated heterocycles. The number of carbonyl (C=O) groups is 1. The van der Waals surface area contributed by atoms with Crippen molar-refractivity contribution in [2.45, 2.75) is 13.5 Å². The van der Waals surface area contributed by atoms with Crippen molar-refractivity contribution in [3.8, 4) is 0 Å². The molecule has 0 saturated carbocycles. The molecule has 1 rings (SSSR count). The Morgan fingerprint density at radius 3 is 2.88 bits per heavy atom. The molecule has 0 aliphatic carbocycles. The third-order valence-electron chi connectivity index (χ3n) is 2.21. The van der Waals surface area contributed by atoms with Gasteiger partial charge in [-0.2, -0.15) is 0 Å². The molecule has 96 valence electrons. The lowest BCUT2D eigenvalue weighted by molar-refractivity contribution is 0.0661. The number of carboxylic acids is 1. The van der Waals surface area contributed by atoms with Gasteiger partial charge in [0, 0.05) is 18.7 Å². The highest BCUT2D eigenvalue weighted by atomic mass is 16.5. The maximum Gasteiger partial charge on any atom is 0.371 e. The van der Waals surface area contributed by atoms with Gasteiger partial charge in [-0.1, -0.05) is 0 Å². The first-order valence-corrected chi connectivity index (χ1v) is 5.37. The van der Waals surface area contributed by atoms with Crippen molar-refractivity contribution in [3.05, 3.63) is 23.2 Å². The molecule has 6 nitrogen and oxygen atoms in total. The fourth-order valence-corrected chi connectivity index (χ4v) is 1.33. The fourth-order valence-electron chi connectivity index (χ4n) is 1.33. The van der Waals surface area contributed by atoms with E-state index in [9.17, 15) is 4.79 Å². The van der Waals surface area contributed by atoms with Crippen LogP contribution in [0.25, 0.3) is 0 Å². The number of rotatable bonds is 8. The average Bonchev–Trinajstić information content (AvgIpc) is 2.65. The molecule has 6 heteroatoms. The number of furan rings is 1. The van der Waals surface area contributed by atoms with Crippen LogP contribution in [0.5, 0.6) is 0 Å². The first kappa shape index (κ1) is 13.7. The van der Waals surface area contributed by atoms with Gasteiger partial charge in [-0.25, -0.2) is 4.79 Å². The third-order valence-corrected chi connectivity index (χ3v) is 2.21. The zero-order valence-corrected chi connectivity index (χ0v) is 9.73. The summed E-state index contributed by atoms with van der Waals surface area (Å²) in [6.07, 6.45) is 0. The molecular formula is C11H17NO5. The Morgan fingerprint density at radius 2 is 2.29 bits per heavy atom. The van der Waals surface area contributed by atoms with Crippen LogP contribution in [-0.2, 0) is 11.3 Å². The minimum Gasteiger partial charge on any atom is -0.475 e. The molecule has 0 radical (unpaired) electrons. The predicted octanol–water partition coefficient (Wildman–Crippen LogP) is 0.385. The number of aliphatic hydroxyl groups is 1. The fraction of sp³-hybridized carbons (Fsp3) is 0.545. The summed E-state index contributed by atoms with van der Waals surface area (Å²) in [7, 11) is 0. The van der Waals surface area contributed by atoms with Crippen LogP contribution in [0.2, 0.25) is 0 Å². The molecule has 3 N–H and O–H groups in total. The Kier molecular flexibility index (Phi) is 5.68. The number of hydrogen-bond acceptors (Lipinski definition) is 5. The first-order chi connectivity index (χ1) is 8.15. The molecule has 1 aromatic heterocycles. The molecule has 17 heavy (non-hydrogen) atoms. The van der Waals surface area contributed by atoms with Crippen molar-refractivity contribution in [2.75, 3.05) is 26.4 Å². The molecule has 0 aliphatic heterocycles. The van der Waals surface area contributed by atoms with E-state index in [1.807, 2.05) is 0 Å². The molecule has 0 spiro atoms. The second-order valence-corrected chi connectivity index (χ2v) is 3.51. The van der Waals surface area contributed by atoms with Crippen molar-refractivity contribution >= 4 is 5.97 Å². The van der Waals surface area contributed by atoms with Gasteiger partial charge < -0.3 is 24.7 Å². The number of nitrogens with one attached hydrogen (secondary N) is 1. The Bertz CT molecular complexity index is 361. The lowest BCUT2D eigenvalue weighted by Gasteiger charge is -2.04. The summed E-state index contributed by atoms with van der Waals surface area (Å²) >= 11 is 0. The van der Waals surface area contributed by atoms with Gasteiger partial charge in [0.2, 0.25) is 5.76 Å². The molecule has 0 bridgehead atoms. The number of aliphatic hydroxyl groups excluding tert-OH is 1. The summed E-state index contributed by atoms with van der Waals surface area (Å²) in [5, 5.41) is 20.3. The lowest BCUT2D eigenvalue weighted by Crippen LogP contribution is -2.20. The van der Waals surface area contributed by atoms with Crippen molar-refractivity contribution in [1.82, 2.24) is 5.32 Å². The van der Waals surface area contributed by atoms with Gasteiger partial charge in [-0.3, -0.25) is 0 Å². The maximum atomic E-state index is 10.7. The Morgan fingerprint density at radius 1 is 1.53 bits per heavy atom. The average molecular weight is 243 g/mol. The molecule has 0 unspecified atom stereocenters. The predicted molar refractivity (Wildman–Crippen MR) is 60.0 cm³/mol. The van der Waals surface area contributed by atoms with Crippen molar-refractivity contribution in [1.29, 1.82) is 0 Å². The largest absolute Gasteiger partial charge is 0.475 e. The summed E-state index contributed by atoms with van der Waals surface area (Å²) < 4.78 is 10.1. The zero-order chi connectivity index (χ0) is 12.7. The highest BCUT2D eigenvalue weighted by molar-refractivity contribution is 5.84. The van der Waals surface area contributed by atoms with Crippen LogP contribution >= 0.6 is 0 Å². The minimum absolute atomic E-state index is 0.0167. The highest BCUT2D eigenvalue weighted by Crippen LogP contribution is 2.14. The normalized spacial score (nSPS) is 10.7. The van der Waals surface area contributed by atoms with E-state index in [1.54, 1.807) is 6.92 Å². The second kappa shape index (κ2) is 7.05. The number of ether oxygens (including phenoxy) is 1. The minimum atomic E-state index is -1.06. The molecule has 0 atom stereocenters. The quantitative estimate of drug-likeness (QED) is 0.572. The van der Waals surface area contributed by atoms with E-state index >= 15 is 0 Å². The van der Waals surface area contributed by atoms with E-state index < -0.39 is 5.97 Å². The van der Waals surface area contributed by atoms with Crippen molar-refractivity contribution < 1.29 is 24.2 Å². The van der Waals surface area contributed by atoms with Gasteiger partial charge in [0.1, 0.15) is 5.76 Å². The summed E-state index contributed by atoms with van der Waals surface area (Å²) in [5.41, 5.74) is 0.824. The SMILES string of the molecule is Cc1oc(C(=O)O)cc1CNCCOCCO. The molecule has 1 heterocycles. The van der Waals surface area contributed by atoms with E-state index in [2.05, 4.69) is 5.32 Å². The molecule has 0 aliphatic rings. The van der Waals surface area contributed by atoms with Crippen molar-refractivity contribution in [2.24, 2.45) is 0 Å². The Labute approximate surface area is 99.2 Å². The molecule has 0 fully saturated rings. The topological polar surface area (TPSA) is 91.9 Å². The van der Waals surface area contributed by atoms with Gasteiger partial charge in [0.25, 0.3) is 0 Å². The third kappa shape index (κ3) is 4.56. The summed E-state index contributed by atoms with van der Waals surface area (Å²) in [6, 6.07) is 1.51. The molecule has 0 aromatic carbocycles. The molecular weight excluding hydrogens is 226 g/mol. The van der Waals surface area contributed by atoms with Crippen LogP contribution < -0.4 is 5.32 Å². The first-order valence-electron chi connectivity index (χ1n) is 5.37. The van der Waals surface area contributed by atoms with Crippen molar-refractivity contribution in [3.63, 3.8) is 0 Å². The Hall–Kier alpha value is -1.37. The van der Waals surface area contributed by atoms with E-state index in [0.29, 0.717) is 32.1 Å². The smallest absolute Gasteiger partial charge is 0.371 e. The lowest BCUT2D eigenvalue weighted by atomic mass is 10.2. The van der Waals surface area contributed by atoms with Crippen LogP contribution in [-0.4, -0.2) is 42.5 Å². The number of hydrogen-bond donors (Lipinski definition) is 3. The number of aromatic carboxylic acids is 1. The van der Waals surface area contributed by atoms with E-state index in [4.69, 9.17) is 19.4 Å². The number of aryl methyl sites for hydroxylation is 1. The highest BCUT2D eigenvalue weighted by Gasteiger charge is 2.12. The van der Waals surface area contributed by atoms with Gasteiger partial charge in [-0.05, 0) is 13.0 Å². The van der Waals surface area contributed by atoms with E-state index in [1.165, 1.54) is 6.07 Å². The molecule has 1 aromatic rings. The van der Waals surface area contributed by atoms with E-state index in [0.717, 1.165) is 5.56 Å². The Balaban J connectivity index is 2.29. The maximum absolute atomic E-state index is 10.7. The van der Waals surface area contributed by atoms with Crippen LogP contribution in [0.3, 0.4) is 0 Å². The van der Waals surface area contributed by atoms with Crippen LogP contribution in [0.1, 0.15) is 21.9 Å². The van der Waals surface area contributed by atoms with Gasteiger partial charge >= 0.3 is 5.97 Å². The summed E-state index contributed by atoms with van der Waals surface area (Å²) in [4.78, 5) is 10.7. The van der Waals surface area contributed by atoms with Gasteiger partial charge in [-0.15, -0.1) is 0 Å². The molecule has 0 amide bonds. The van der Waals surface area contributed by atoms with Crippen LogP contribution in [0, 0.1) is 6.92 Å². The van der Waals surface area contributed by atoms with E-state index in [-0.39, 0.29) is 12.4 Å². The second-order valence-electron chi connectivity index (χ2n) is 3.51. The van der Waals surface area contributed by atoms with Gasteiger partial charge in [0.15, 0.2) is 0 Å². The van der Waals surface area contributed by atoms with Crippen LogP contribution in [0.15, 0.2) is 10.5 Å². The van der Waals surface area contributed by atoms with Gasteiger partial charge in [0.05, 0.1) is 19.8 Å². The summed E-state index contributed by atoms with van der Waals surface area (Å²) in [5.74, 6) is -0.507.